The predicted octanol–water partition coefficient (Wildman–Crippen LogP) is 2.50. The Labute approximate surface area is 202 Å². The van der Waals surface area contributed by atoms with Crippen LogP contribution in [0, 0.1) is 5.41 Å². The maximum absolute atomic E-state index is 13.3. The van der Waals surface area contributed by atoms with Gasteiger partial charge in [0, 0.05) is 35.8 Å². The number of carbonyl (C=O) groups excluding carboxylic acids is 2. The Balaban J connectivity index is 1.72. The Bertz CT molecular complexity index is 951. The lowest BCUT2D eigenvalue weighted by Gasteiger charge is -2.47. The Morgan fingerprint density at radius 3 is 2.41 bits per heavy atom. The van der Waals surface area contributed by atoms with Crippen molar-refractivity contribution in [3.8, 4) is 0 Å². The number of hydrogen-bond acceptors (Lipinski definition) is 6. The average molecular weight is 474 g/mol. The van der Waals surface area contributed by atoms with Crippen LogP contribution < -0.4 is 10.6 Å². The first kappa shape index (κ1) is 26.1. The van der Waals surface area contributed by atoms with Gasteiger partial charge in [-0.2, -0.15) is 0 Å². The molecule has 1 aliphatic carbocycles. The highest BCUT2D eigenvalue weighted by molar-refractivity contribution is 5.97. The molecule has 1 unspecified atom stereocenters. The van der Waals surface area contributed by atoms with Crippen molar-refractivity contribution in [2.24, 2.45) is 5.41 Å². The third-order valence-electron chi connectivity index (χ3n) is 6.80. The molecule has 1 saturated carbocycles. The molecule has 9 heteroatoms. The SMILES string of the molecule is CC(C)(C)N[C@@H]1CC[C@H](N2CCC(NC(=O)c3ccnc(C(C)(C)C)n3)C2=O)[C@](C)(C(=O)O)C1. The van der Waals surface area contributed by atoms with E-state index in [1.165, 1.54) is 6.07 Å². The molecule has 2 aliphatic rings. The number of nitrogens with zero attached hydrogens (tertiary/aromatic N) is 3. The molecule has 0 aromatic carbocycles. The Morgan fingerprint density at radius 2 is 1.82 bits per heavy atom. The van der Waals surface area contributed by atoms with E-state index >= 15 is 0 Å². The van der Waals surface area contributed by atoms with Crippen LogP contribution in [0.5, 0.6) is 0 Å². The van der Waals surface area contributed by atoms with Gasteiger partial charge in [-0.15, -0.1) is 0 Å². The first-order chi connectivity index (χ1) is 15.6. The summed E-state index contributed by atoms with van der Waals surface area (Å²) in [5.74, 6) is -0.989. The van der Waals surface area contributed by atoms with Crippen LogP contribution in [0.25, 0.3) is 0 Å². The Morgan fingerprint density at radius 1 is 1.15 bits per heavy atom. The first-order valence-corrected chi connectivity index (χ1v) is 12.1. The molecule has 34 heavy (non-hydrogen) atoms. The van der Waals surface area contributed by atoms with Gasteiger partial charge in [0.25, 0.3) is 5.91 Å². The molecule has 3 rings (SSSR count). The van der Waals surface area contributed by atoms with E-state index in [9.17, 15) is 19.5 Å². The van der Waals surface area contributed by atoms with Crippen molar-refractivity contribution in [3.63, 3.8) is 0 Å². The van der Waals surface area contributed by atoms with E-state index in [0.717, 1.165) is 6.42 Å². The van der Waals surface area contributed by atoms with Gasteiger partial charge < -0.3 is 20.6 Å². The smallest absolute Gasteiger partial charge is 0.311 e. The van der Waals surface area contributed by atoms with Gasteiger partial charge in [0.15, 0.2) is 0 Å². The van der Waals surface area contributed by atoms with Crippen LogP contribution in [-0.2, 0) is 15.0 Å². The van der Waals surface area contributed by atoms with E-state index in [2.05, 4.69) is 41.4 Å². The van der Waals surface area contributed by atoms with Crippen LogP contribution in [-0.4, -0.2) is 68.0 Å². The second kappa shape index (κ2) is 9.24. The summed E-state index contributed by atoms with van der Waals surface area (Å²) in [5, 5.41) is 16.5. The molecule has 1 aromatic rings. The summed E-state index contributed by atoms with van der Waals surface area (Å²) in [7, 11) is 0. The molecule has 1 aromatic heterocycles. The average Bonchev–Trinajstić information content (AvgIpc) is 3.06. The van der Waals surface area contributed by atoms with E-state index < -0.39 is 29.4 Å². The molecule has 0 spiro atoms. The fraction of sp³-hybridized carbons (Fsp3) is 0.720. The largest absolute Gasteiger partial charge is 0.481 e. The van der Waals surface area contributed by atoms with Gasteiger partial charge >= 0.3 is 5.97 Å². The van der Waals surface area contributed by atoms with Crippen LogP contribution in [0.4, 0.5) is 0 Å². The normalized spacial score (nSPS) is 28.1. The molecular formula is C25H39N5O4. The fourth-order valence-electron chi connectivity index (χ4n) is 5.12. The minimum Gasteiger partial charge on any atom is -0.481 e. The lowest BCUT2D eigenvalue weighted by molar-refractivity contribution is -0.158. The second-order valence-corrected chi connectivity index (χ2v) is 12.0. The topological polar surface area (TPSA) is 125 Å². The number of carboxylic acids is 1. The summed E-state index contributed by atoms with van der Waals surface area (Å²) in [5.41, 5.74) is -1.28. The van der Waals surface area contributed by atoms with Crippen molar-refractivity contribution in [2.45, 2.75) is 103 Å². The van der Waals surface area contributed by atoms with Crippen LogP contribution in [0.1, 0.15) is 90.5 Å². The first-order valence-electron chi connectivity index (χ1n) is 12.1. The van der Waals surface area contributed by atoms with Crippen LogP contribution in [0.15, 0.2) is 12.3 Å². The van der Waals surface area contributed by atoms with Gasteiger partial charge in [-0.3, -0.25) is 14.4 Å². The van der Waals surface area contributed by atoms with Crippen molar-refractivity contribution in [1.29, 1.82) is 0 Å². The lowest BCUT2D eigenvalue weighted by atomic mass is 9.68. The summed E-state index contributed by atoms with van der Waals surface area (Å²) in [4.78, 5) is 48.8. The van der Waals surface area contributed by atoms with E-state index in [0.29, 0.717) is 31.6 Å². The van der Waals surface area contributed by atoms with Gasteiger partial charge in [-0.1, -0.05) is 20.8 Å². The van der Waals surface area contributed by atoms with Crippen molar-refractivity contribution in [2.75, 3.05) is 6.54 Å². The highest BCUT2D eigenvalue weighted by Gasteiger charge is 2.52. The predicted molar refractivity (Wildman–Crippen MR) is 128 cm³/mol. The fourth-order valence-corrected chi connectivity index (χ4v) is 5.12. The summed E-state index contributed by atoms with van der Waals surface area (Å²) in [6, 6.07) is 0.501. The molecule has 188 valence electrons. The maximum atomic E-state index is 13.3. The number of amides is 2. The summed E-state index contributed by atoms with van der Waals surface area (Å²) < 4.78 is 0. The molecule has 2 fully saturated rings. The zero-order chi connectivity index (χ0) is 25.5. The molecule has 3 N–H and O–H groups in total. The molecule has 0 radical (unpaired) electrons. The minimum absolute atomic E-state index is 0.0698. The Kier molecular flexibility index (Phi) is 7.09. The zero-order valence-electron chi connectivity index (χ0n) is 21.4. The third kappa shape index (κ3) is 5.56. The van der Waals surface area contributed by atoms with E-state index in [-0.39, 0.29) is 28.6 Å². The standard InChI is InChI=1S/C25H39N5O4/c1-23(2,3)21-26-12-10-16(28-21)19(31)27-17-11-13-30(20(17)32)18-9-8-15(29-24(4,5)6)14-25(18,7)22(33)34/h10,12,15,17-18,29H,8-9,11,13-14H2,1-7H3,(H,27,31)(H,33,34)/t15-,17?,18+,25-/m1/s1. The number of rotatable bonds is 5. The summed E-state index contributed by atoms with van der Waals surface area (Å²) >= 11 is 0. The molecular weight excluding hydrogens is 434 g/mol. The molecule has 2 heterocycles. The van der Waals surface area contributed by atoms with Crippen molar-refractivity contribution in [3.05, 3.63) is 23.8 Å². The molecule has 0 bridgehead atoms. The van der Waals surface area contributed by atoms with Gasteiger partial charge in [0.1, 0.15) is 17.6 Å². The number of aliphatic carboxylic acids is 1. The van der Waals surface area contributed by atoms with Crippen molar-refractivity contribution in [1.82, 2.24) is 25.5 Å². The molecule has 4 atom stereocenters. The molecule has 1 aliphatic heterocycles. The molecule has 2 amide bonds. The Hall–Kier alpha value is -2.55. The number of hydrogen-bond donors (Lipinski definition) is 3. The van der Waals surface area contributed by atoms with Crippen LogP contribution in [0.2, 0.25) is 0 Å². The van der Waals surface area contributed by atoms with E-state index in [1.807, 2.05) is 20.8 Å². The number of carbonyl (C=O) groups is 3. The summed E-state index contributed by atoms with van der Waals surface area (Å²) in [6.07, 6.45) is 3.83. The van der Waals surface area contributed by atoms with Gasteiger partial charge in [0.2, 0.25) is 5.91 Å². The lowest BCUT2D eigenvalue weighted by Crippen LogP contribution is -2.59. The molecule has 1 saturated heterocycles. The highest BCUT2D eigenvalue weighted by atomic mass is 16.4. The van der Waals surface area contributed by atoms with Crippen LogP contribution in [0.3, 0.4) is 0 Å². The monoisotopic (exact) mass is 473 g/mol. The van der Waals surface area contributed by atoms with Crippen molar-refractivity contribution < 1.29 is 19.5 Å². The van der Waals surface area contributed by atoms with Gasteiger partial charge in [0.05, 0.1) is 5.41 Å². The second-order valence-electron chi connectivity index (χ2n) is 12.0. The van der Waals surface area contributed by atoms with Gasteiger partial charge in [-0.05, 0) is 59.4 Å². The number of nitrogens with one attached hydrogen (secondary N) is 2. The highest BCUT2D eigenvalue weighted by Crippen LogP contribution is 2.41. The number of likely N-dealkylation sites (tertiary alicyclic amines) is 1. The van der Waals surface area contributed by atoms with E-state index in [1.54, 1.807) is 18.0 Å². The van der Waals surface area contributed by atoms with Gasteiger partial charge in [-0.25, -0.2) is 9.97 Å². The number of aromatic nitrogens is 2. The third-order valence-corrected chi connectivity index (χ3v) is 6.80. The quantitative estimate of drug-likeness (QED) is 0.600. The minimum atomic E-state index is -1.07. The maximum Gasteiger partial charge on any atom is 0.311 e. The number of carboxylic acid groups (broad SMARTS) is 1. The summed E-state index contributed by atoms with van der Waals surface area (Å²) in [6.45, 7) is 14.3. The molecule has 9 nitrogen and oxygen atoms in total. The van der Waals surface area contributed by atoms with Crippen LogP contribution >= 0.6 is 0 Å². The zero-order valence-corrected chi connectivity index (χ0v) is 21.4. The van der Waals surface area contributed by atoms with E-state index in [4.69, 9.17) is 0 Å². The van der Waals surface area contributed by atoms with Crippen molar-refractivity contribution >= 4 is 17.8 Å².